The van der Waals surface area contributed by atoms with Gasteiger partial charge in [0.25, 0.3) is 21.2 Å². The maximum absolute atomic E-state index is 12.3. The van der Waals surface area contributed by atoms with Gasteiger partial charge >= 0.3 is 0 Å². The van der Waals surface area contributed by atoms with E-state index in [-0.39, 0.29) is 0 Å². The monoisotopic (exact) mass is 272 g/mol. The molecule has 1 rings (SSSR count). The molecule has 0 saturated carbocycles. The minimum atomic E-state index is -4.29. The summed E-state index contributed by atoms with van der Waals surface area (Å²) in [6.07, 6.45) is -2.71. The molecule has 0 aliphatic heterocycles. The number of aromatic nitrogens is 1. The van der Waals surface area contributed by atoms with Crippen molar-refractivity contribution in [1.29, 1.82) is 0 Å². The minimum absolute atomic E-state index is 0.393. The molecule has 0 aliphatic carbocycles. The van der Waals surface area contributed by atoms with Crippen LogP contribution in [0.4, 0.5) is 14.5 Å². The molecule has 0 spiro atoms. The van der Waals surface area contributed by atoms with E-state index < -0.39 is 36.7 Å². The highest BCUT2D eigenvalue weighted by molar-refractivity contribution is 8.13. The molecular formula is C6H3ClF2N2O4S. The Morgan fingerprint density at radius 2 is 2.06 bits per heavy atom. The first kappa shape index (κ1) is 12.7. The van der Waals surface area contributed by atoms with E-state index in [0.717, 1.165) is 0 Å². The highest BCUT2D eigenvalue weighted by Gasteiger charge is 2.25. The second-order valence-corrected chi connectivity index (χ2v) is 5.09. The fraction of sp³-hybridized carbons (Fsp3) is 0.167. The van der Waals surface area contributed by atoms with Crippen molar-refractivity contribution in [3.63, 3.8) is 0 Å². The fourth-order valence-corrected chi connectivity index (χ4v) is 1.58. The number of hydrogen-bond acceptors (Lipinski definition) is 5. The summed E-state index contributed by atoms with van der Waals surface area (Å²) in [4.78, 5) is 12.4. The third-order valence-electron chi connectivity index (χ3n) is 1.57. The molecule has 1 aromatic rings. The van der Waals surface area contributed by atoms with Crippen molar-refractivity contribution in [3.8, 4) is 0 Å². The Hall–Kier alpha value is -1.35. The lowest BCUT2D eigenvalue weighted by molar-refractivity contribution is -0.386. The first-order valence-corrected chi connectivity index (χ1v) is 5.91. The van der Waals surface area contributed by atoms with Crippen LogP contribution in [0.2, 0.25) is 0 Å². The fourth-order valence-electron chi connectivity index (χ4n) is 0.896. The lowest BCUT2D eigenvalue weighted by Gasteiger charge is -2.02. The van der Waals surface area contributed by atoms with Gasteiger partial charge < -0.3 is 0 Å². The molecule has 0 atom stereocenters. The van der Waals surface area contributed by atoms with E-state index in [0.29, 0.717) is 12.3 Å². The van der Waals surface area contributed by atoms with E-state index in [1.54, 1.807) is 0 Å². The lowest BCUT2D eigenvalue weighted by atomic mass is 10.2. The normalized spacial score (nSPS) is 11.8. The summed E-state index contributed by atoms with van der Waals surface area (Å²) in [5.41, 5.74) is -2.00. The quantitative estimate of drug-likeness (QED) is 0.476. The van der Waals surface area contributed by atoms with Gasteiger partial charge in [-0.2, -0.15) is 0 Å². The summed E-state index contributed by atoms with van der Waals surface area (Å²) >= 11 is 0. The van der Waals surface area contributed by atoms with Crippen molar-refractivity contribution in [2.24, 2.45) is 0 Å². The number of halogens is 3. The smallest absolute Gasteiger partial charge is 0.258 e. The Labute approximate surface area is 92.4 Å². The Morgan fingerprint density at radius 3 is 2.44 bits per heavy atom. The van der Waals surface area contributed by atoms with Gasteiger partial charge in [0.1, 0.15) is 5.56 Å². The van der Waals surface area contributed by atoms with Crippen molar-refractivity contribution in [3.05, 3.63) is 27.9 Å². The Bertz CT molecular complexity index is 533. The highest BCUT2D eigenvalue weighted by atomic mass is 35.7. The van der Waals surface area contributed by atoms with Crippen LogP contribution in [0, 0.1) is 10.1 Å². The van der Waals surface area contributed by atoms with Crippen molar-refractivity contribution in [2.45, 2.75) is 11.5 Å². The van der Waals surface area contributed by atoms with Gasteiger partial charge in [-0.3, -0.25) is 10.1 Å². The van der Waals surface area contributed by atoms with Gasteiger partial charge in [0, 0.05) is 16.9 Å². The molecule has 0 amide bonds. The van der Waals surface area contributed by atoms with E-state index in [1.807, 2.05) is 0 Å². The molecular weight excluding hydrogens is 270 g/mol. The molecule has 88 valence electrons. The molecule has 0 aromatic carbocycles. The Morgan fingerprint density at radius 1 is 1.50 bits per heavy atom. The SMILES string of the molecule is O=[N+]([O-])c1cc(S(=O)(=O)Cl)ncc1C(F)F. The van der Waals surface area contributed by atoms with Crippen LogP contribution in [0.3, 0.4) is 0 Å². The van der Waals surface area contributed by atoms with Crippen molar-refractivity contribution in [2.75, 3.05) is 0 Å². The van der Waals surface area contributed by atoms with Crippen LogP contribution >= 0.6 is 10.7 Å². The van der Waals surface area contributed by atoms with Gasteiger partial charge in [-0.05, 0) is 0 Å². The largest absolute Gasteiger partial charge is 0.282 e. The molecule has 0 saturated heterocycles. The van der Waals surface area contributed by atoms with Gasteiger partial charge in [-0.15, -0.1) is 0 Å². The van der Waals surface area contributed by atoms with Gasteiger partial charge in [0.05, 0.1) is 11.0 Å². The number of rotatable bonds is 3. The third kappa shape index (κ3) is 2.61. The summed E-state index contributed by atoms with van der Waals surface area (Å²) in [6, 6.07) is 0.393. The molecule has 1 heterocycles. The standard InChI is InChI=1S/C6H3ClF2N2O4S/c7-16(14,15)5-1-4(11(12)13)3(2-10-5)6(8)9/h1-2,6H. The zero-order valence-electron chi connectivity index (χ0n) is 7.30. The average molecular weight is 273 g/mol. The summed E-state index contributed by atoms with van der Waals surface area (Å²) in [7, 11) is 0.577. The van der Waals surface area contributed by atoms with Crippen LogP contribution in [0.5, 0.6) is 0 Å². The summed E-state index contributed by atoms with van der Waals surface area (Å²) in [6.45, 7) is 0. The summed E-state index contributed by atoms with van der Waals surface area (Å²) in [5.74, 6) is 0. The Kier molecular flexibility index (Phi) is 3.38. The first-order valence-electron chi connectivity index (χ1n) is 3.60. The van der Waals surface area contributed by atoms with Crippen LogP contribution in [0.15, 0.2) is 17.3 Å². The maximum atomic E-state index is 12.3. The third-order valence-corrected chi connectivity index (χ3v) is 2.77. The van der Waals surface area contributed by atoms with Gasteiger partial charge in [-0.1, -0.05) is 0 Å². The van der Waals surface area contributed by atoms with Crippen molar-refractivity contribution < 1.29 is 22.1 Å². The zero-order chi connectivity index (χ0) is 12.5. The van der Waals surface area contributed by atoms with Crippen LogP contribution < -0.4 is 0 Å². The molecule has 0 radical (unpaired) electrons. The van der Waals surface area contributed by atoms with Crippen LogP contribution in [-0.4, -0.2) is 18.3 Å². The summed E-state index contributed by atoms with van der Waals surface area (Å²) in [5, 5.41) is 9.57. The molecule has 6 nitrogen and oxygen atoms in total. The lowest BCUT2D eigenvalue weighted by Crippen LogP contribution is -2.02. The molecule has 0 unspecified atom stereocenters. The van der Waals surface area contributed by atoms with Gasteiger partial charge in [0.15, 0.2) is 5.03 Å². The molecule has 16 heavy (non-hydrogen) atoms. The summed E-state index contributed by atoms with van der Waals surface area (Å²) < 4.78 is 46.1. The molecule has 0 bridgehead atoms. The molecule has 0 N–H and O–H groups in total. The van der Waals surface area contributed by atoms with E-state index in [9.17, 15) is 27.3 Å². The number of pyridine rings is 1. The zero-order valence-corrected chi connectivity index (χ0v) is 8.87. The molecule has 10 heteroatoms. The van der Waals surface area contributed by atoms with Gasteiger partial charge in [0.2, 0.25) is 0 Å². The van der Waals surface area contributed by atoms with Gasteiger partial charge in [-0.25, -0.2) is 22.2 Å². The number of hydrogen-bond donors (Lipinski definition) is 0. The topological polar surface area (TPSA) is 90.2 Å². The molecule has 0 fully saturated rings. The highest BCUT2D eigenvalue weighted by Crippen LogP contribution is 2.30. The van der Waals surface area contributed by atoms with E-state index in [1.165, 1.54) is 0 Å². The number of nitro groups is 1. The van der Waals surface area contributed by atoms with E-state index in [2.05, 4.69) is 4.98 Å². The second-order valence-electron chi connectivity index (χ2n) is 2.58. The average Bonchev–Trinajstić information content (AvgIpc) is 2.15. The predicted molar refractivity (Wildman–Crippen MR) is 48.9 cm³/mol. The van der Waals surface area contributed by atoms with E-state index >= 15 is 0 Å². The van der Waals surface area contributed by atoms with Crippen LogP contribution in [0.1, 0.15) is 12.0 Å². The second kappa shape index (κ2) is 4.26. The van der Waals surface area contributed by atoms with Crippen molar-refractivity contribution in [1.82, 2.24) is 4.98 Å². The van der Waals surface area contributed by atoms with Crippen molar-refractivity contribution >= 4 is 25.4 Å². The number of nitrogens with zero attached hydrogens (tertiary/aromatic N) is 2. The first-order chi connectivity index (χ1) is 7.23. The Balaban J connectivity index is 3.46. The molecule has 0 aliphatic rings. The number of alkyl halides is 2. The van der Waals surface area contributed by atoms with E-state index in [4.69, 9.17) is 10.7 Å². The van der Waals surface area contributed by atoms with Crippen LogP contribution in [-0.2, 0) is 9.05 Å². The predicted octanol–water partition coefficient (Wildman–Crippen LogP) is 1.85. The maximum Gasteiger partial charge on any atom is 0.282 e. The molecule has 1 aromatic heterocycles. The minimum Gasteiger partial charge on any atom is -0.258 e. The van der Waals surface area contributed by atoms with Crippen LogP contribution in [0.25, 0.3) is 0 Å².